The number of pyridine rings is 1. The molecule has 2 aromatic heterocycles. The number of carbonyl (C=O) groups is 2. The Balaban J connectivity index is 2.11. The van der Waals surface area contributed by atoms with Crippen molar-refractivity contribution in [2.75, 3.05) is 6.54 Å². The second kappa shape index (κ2) is 4.65. The Bertz CT molecular complexity index is 562. The van der Waals surface area contributed by atoms with E-state index in [9.17, 15) is 9.59 Å². The lowest BCUT2D eigenvalue weighted by molar-refractivity contribution is -0.136. The number of carbonyl (C=O) groups excluding carboxylic acids is 1. The molecule has 2 N–H and O–H groups in total. The fraction of sp³-hybridized carbons (Fsp3) is 0.182. The summed E-state index contributed by atoms with van der Waals surface area (Å²) in [6.07, 6.45) is 3.11. The number of nitrogens with one attached hydrogen (secondary N) is 1. The summed E-state index contributed by atoms with van der Waals surface area (Å²) in [6.45, 7) is 0.109. The third-order valence-electron chi connectivity index (χ3n) is 2.30. The largest absolute Gasteiger partial charge is 0.481 e. The van der Waals surface area contributed by atoms with E-state index in [1.165, 1.54) is 6.20 Å². The van der Waals surface area contributed by atoms with Gasteiger partial charge >= 0.3 is 5.97 Å². The van der Waals surface area contributed by atoms with Gasteiger partial charge in [0, 0.05) is 12.7 Å². The summed E-state index contributed by atoms with van der Waals surface area (Å²) in [6, 6.07) is 5.40. The smallest absolute Gasteiger partial charge is 0.305 e. The van der Waals surface area contributed by atoms with Gasteiger partial charge in [-0.1, -0.05) is 6.07 Å². The van der Waals surface area contributed by atoms with Crippen molar-refractivity contribution in [3.8, 4) is 0 Å². The Hall–Kier alpha value is -2.37. The topological polar surface area (TPSA) is 83.7 Å². The number of amides is 1. The van der Waals surface area contributed by atoms with Crippen LogP contribution in [-0.4, -0.2) is 33.1 Å². The molecule has 2 heterocycles. The van der Waals surface area contributed by atoms with Crippen LogP contribution < -0.4 is 5.32 Å². The zero-order valence-corrected chi connectivity index (χ0v) is 8.96. The molecular weight excluding hydrogens is 222 g/mol. The molecule has 2 aromatic rings. The summed E-state index contributed by atoms with van der Waals surface area (Å²) in [5, 5.41) is 15.0. The van der Waals surface area contributed by atoms with E-state index in [0.717, 1.165) is 0 Å². The minimum atomic E-state index is -0.940. The lowest BCUT2D eigenvalue weighted by atomic mass is 10.2. The van der Waals surface area contributed by atoms with Gasteiger partial charge in [0.15, 0.2) is 0 Å². The molecule has 0 aliphatic carbocycles. The van der Waals surface area contributed by atoms with E-state index >= 15 is 0 Å². The molecule has 0 aromatic carbocycles. The predicted molar refractivity (Wildman–Crippen MR) is 59.8 cm³/mol. The highest BCUT2D eigenvalue weighted by atomic mass is 16.4. The fourth-order valence-corrected chi connectivity index (χ4v) is 1.49. The first-order chi connectivity index (χ1) is 8.18. The van der Waals surface area contributed by atoms with Gasteiger partial charge in [-0.05, 0) is 12.1 Å². The molecule has 0 radical (unpaired) electrons. The van der Waals surface area contributed by atoms with E-state index in [1.54, 1.807) is 16.8 Å². The average Bonchev–Trinajstić information content (AvgIpc) is 2.72. The summed E-state index contributed by atoms with van der Waals surface area (Å²) >= 11 is 0. The van der Waals surface area contributed by atoms with Crippen molar-refractivity contribution in [1.29, 1.82) is 0 Å². The SMILES string of the molecule is O=C(O)CCNC(=O)c1cnn2ccccc12. The standard InChI is InChI=1S/C11H11N3O3/c15-10(16)4-5-12-11(17)8-7-13-14-6-2-1-3-9(8)14/h1-3,6-7H,4-5H2,(H,12,17)(H,15,16). The Morgan fingerprint density at radius 2 is 2.24 bits per heavy atom. The van der Waals surface area contributed by atoms with Gasteiger partial charge in [0.25, 0.3) is 5.91 Å². The van der Waals surface area contributed by atoms with Crippen LogP contribution in [0.2, 0.25) is 0 Å². The zero-order valence-electron chi connectivity index (χ0n) is 8.96. The number of fused-ring (bicyclic) bond motifs is 1. The first-order valence-electron chi connectivity index (χ1n) is 5.11. The van der Waals surface area contributed by atoms with Crippen molar-refractivity contribution < 1.29 is 14.7 Å². The minimum Gasteiger partial charge on any atom is -0.481 e. The van der Waals surface area contributed by atoms with Crippen LogP contribution in [0.5, 0.6) is 0 Å². The first kappa shape index (κ1) is 11.1. The second-order valence-electron chi connectivity index (χ2n) is 3.49. The van der Waals surface area contributed by atoms with Crippen molar-refractivity contribution in [1.82, 2.24) is 14.9 Å². The summed E-state index contributed by atoms with van der Waals surface area (Å²) in [7, 11) is 0. The maximum absolute atomic E-state index is 11.7. The maximum atomic E-state index is 11.7. The van der Waals surface area contributed by atoms with E-state index in [-0.39, 0.29) is 18.9 Å². The number of hydrogen-bond acceptors (Lipinski definition) is 3. The van der Waals surface area contributed by atoms with Crippen LogP contribution in [0.4, 0.5) is 0 Å². The normalized spacial score (nSPS) is 10.4. The highest BCUT2D eigenvalue weighted by Gasteiger charge is 2.11. The quantitative estimate of drug-likeness (QED) is 0.807. The molecule has 6 nitrogen and oxygen atoms in total. The molecule has 0 atom stereocenters. The number of carboxylic acids is 1. The van der Waals surface area contributed by atoms with Gasteiger partial charge in [-0.2, -0.15) is 5.10 Å². The van der Waals surface area contributed by atoms with Crippen LogP contribution >= 0.6 is 0 Å². The predicted octanol–water partition coefficient (Wildman–Crippen LogP) is 0.539. The summed E-state index contributed by atoms with van der Waals surface area (Å²) < 4.78 is 1.59. The first-order valence-corrected chi connectivity index (χ1v) is 5.11. The lowest BCUT2D eigenvalue weighted by Gasteiger charge is -2.01. The van der Waals surface area contributed by atoms with Crippen LogP contribution in [0.15, 0.2) is 30.6 Å². The monoisotopic (exact) mass is 233 g/mol. The third kappa shape index (κ3) is 2.41. The van der Waals surface area contributed by atoms with Crippen LogP contribution in [0, 0.1) is 0 Å². The number of carboxylic acid groups (broad SMARTS) is 1. The Morgan fingerprint density at radius 3 is 3.00 bits per heavy atom. The fourth-order valence-electron chi connectivity index (χ4n) is 1.49. The third-order valence-corrected chi connectivity index (χ3v) is 2.30. The number of rotatable bonds is 4. The molecule has 1 amide bonds. The van der Waals surface area contributed by atoms with Crippen LogP contribution in [0.1, 0.15) is 16.8 Å². The molecule has 0 bridgehead atoms. The zero-order chi connectivity index (χ0) is 12.3. The lowest BCUT2D eigenvalue weighted by Crippen LogP contribution is -2.25. The molecule has 88 valence electrons. The Morgan fingerprint density at radius 1 is 1.41 bits per heavy atom. The maximum Gasteiger partial charge on any atom is 0.305 e. The van der Waals surface area contributed by atoms with Crippen molar-refractivity contribution in [2.45, 2.75) is 6.42 Å². The summed E-state index contributed by atoms with van der Waals surface area (Å²) in [5.74, 6) is -1.25. The van der Waals surface area contributed by atoms with E-state index in [4.69, 9.17) is 5.11 Å². The van der Waals surface area contributed by atoms with E-state index in [2.05, 4.69) is 10.4 Å². The molecule has 0 unspecified atom stereocenters. The van der Waals surface area contributed by atoms with Crippen molar-refractivity contribution in [3.05, 3.63) is 36.2 Å². The van der Waals surface area contributed by atoms with E-state index in [1.807, 2.05) is 12.1 Å². The molecule has 0 fully saturated rings. The number of aliphatic carboxylic acids is 1. The van der Waals surface area contributed by atoms with Gasteiger partial charge in [-0.15, -0.1) is 0 Å². The molecule has 0 aliphatic heterocycles. The highest BCUT2D eigenvalue weighted by molar-refractivity contribution is 6.00. The molecule has 2 rings (SSSR count). The molecule has 17 heavy (non-hydrogen) atoms. The van der Waals surface area contributed by atoms with E-state index in [0.29, 0.717) is 11.1 Å². The van der Waals surface area contributed by atoms with E-state index < -0.39 is 5.97 Å². The van der Waals surface area contributed by atoms with Gasteiger partial charge in [0.05, 0.1) is 23.7 Å². The van der Waals surface area contributed by atoms with Crippen LogP contribution in [-0.2, 0) is 4.79 Å². The molecule has 6 heteroatoms. The molecule has 0 spiro atoms. The van der Waals surface area contributed by atoms with Gasteiger partial charge in [0.1, 0.15) is 0 Å². The Labute approximate surface area is 96.9 Å². The molecule has 0 aliphatic rings. The second-order valence-corrected chi connectivity index (χ2v) is 3.49. The average molecular weight is 233 g/mol. The molecule has 0 saturated heterocycles. The van der Waals surface area contributed by atoms with Gasteiger partial charge < -0.3 is 10.4 Å². The van der Waals surface area contributed by atoms with Crippen molar-refractivity contribution in [3.63, 3.8) is 0 Å². The number of aromatic nitrogens is 2. The van der Waals surface area contributed by atoms with Gasteiger partial charge in [0.2, 0.25) is 0 Å². The minimum absolute atomic E-state index is 0.0923. The van der Waals surface area contributed by atoms with Crippen LogP contribution in [0.3, 0.4) is 0 Å². The van der Waals surface area contributed by atoms with Crippen molar-refractivity contribution in [2.24, 2.45) is 0 Å². The number of hydrogen-bond donors (Lipinski definition) is 2. The van der Waals surface area contributed by atoms with Gasteiger partial charge in [-0.25, -0.2) is 4.52 Å². The molecular formula is C11H11N3O3. The highest BCUT2D eigenvalue weighted by Crippen LogP contribution is 2.09. The van der Waals surface area contributed by atoms with Crippen LogP contribution in [0.25, 0.3) is 5.52 Å². The summed E-state index contributed by atoms with van der Waals surface area (Å²) in [5.41, 5.74) is 1.14. The van der Waals surface area contributed by atoms with Gasteiger partial charge in [-0.3, -0.25) is 9.59 Å². The number of nitrogens with zero attached hydrogens (tertiary/aromatic N) is 2. The Kier molecular flexibility index (Phi) is 3.04. The van der Waals surface area contributed by atoms with Crippen molar-refractivity contribution >= 4 is 17.4 Å². The summed E-state index contributed by atoms with van der Waals surface area (Å²) in [4.78, 5) is 22.1. The molecule has 0 saturated carbocycles.